The van der Waals surface area contributed by atoms with E-state index in [2.05, 4.69) is 15.3 Å². The summed E-state index contributed by atoms with van der Waals surface area (Å²) in [6, 6.07) is 16.0. The van der Waals surface area contributed by atoms with Gasteiger partial charge in [-0.25, -0.2) is 4.98 Å². The maximum atomic E-state index is 12.7. The molecule has 4 rings (SSSR count). The zero-order chi connectivity index (χ0) is 23.0. The molecule has 0 spiro atoms. The van der Waals surface area contributed by atoms with Gasteiger partial charge in [0.1, 0.15) is 24.8 Å². The van der Waals surface area contributed by atoms with Crippen LogP contribution in [-0.4, -0.2) is 27.6 Å². The van der Waals surface area contributed by atoms with Gasteiger partial charge < -0.3 is 24.1 Å². The molecule has 168 valence electrons. The molecule has 0 fully saturated rings. The highest BCUT2D eigenvalue weighted by Crippen LogP contribution is 2.31. The van der Waals surface area contributed by atoms with Gasteiger partial charge in [0.05, 0.1) is 7.11 Å². The molecule has 1 amide bonds. The number of aryl methyl sites for hydroxylation is 1. The van der Waals surface area contributed by atoms with E-state index < -0.39 is 0 Å². The predicted molar refractivity (Wildman–Crippen MR) is 123 cm³/mol. The van der Waals surface area contributed by atoms with Crippen molar-refractivity contribution in [2.45, 2.75) is 13.2 Å². The topological polar surface area (TPSA) is 87.5 Å². The molecule has 33 heavy (non-hydrogen) atoms. The number of amides is 1. The van der Waals surface area contributed by atoms with Crippen molar-refractivity contribution in [1.29, 1.82) is 0 Å². The highest BCUT2D eigenvalue weighted by Gasteiger charge is 2.11. The molecule has 0 atom stereocenters. The van der Waals surface area contributed by atoms with Gasteiger partial charge in [0, 0.05) is 54.7 Å². The van der Waals surface area contributed by atoms with Crippen molar-refractivity contribution in [2.24, 2.45) is 7.05 Å². The molecule has 0 saturated carbocycles. The number of pyridine rings is 1. The Morgan fingerprint density at radius 1 is 1.00 bits per heavy atom. The fraction of sp³-hybridized carbons (Fsp3) is 0.160. The largest absolute Gasteiger partial charge is 0.493 e. The zero-order valence-corrected chi connectivity index (χ0v) is 18.4. The van der Waals surface area contributed by atoms with E-state index in [-0.39, 0.29) is 5.91 Å². The lowest BCUT2D eigenvalue weighted by Crippen LogP contribution is -2.12. The molecule has 0 unspecified atom stereocenters. The fourth-order valence-corrected chi connectivity index (χ4v) is 3.10. The smallest absolute Gasteiger partial charge is 0.255 e. The minimum atomic E-state index is -0.242. The van der Waals surface area contributed by atoms with Gasteiger partial charge in [0.2, 0.25) is 0 Å². The third-order valence-corrected chi connectivity index (χ3v) is 4.94. The molecule has 0 aliphatic rings. The molecule has 8 heteroatoms. The summed E-state index contributed by atoms with van der Waals surface area (Å²) >= 11 is 0. The van der Waals surface area contributed by atoms with Crippen LogP contribution in [0, 0.1) is 0 Å². The second kappa shape index (κ2) is 10.3. The Bertz CT molecular complexity index is 1210. The molecule has 1 N–H and O–H groups in total. The Kier molecular flexibility index (Phi) is 6.84. The van der Waals surface area contributed by atoms with Gasteiger partial charge in [0.25, 0.3) is 5.91 Å². The number of rotatable bonds is 9. The van der Waals surface area contributed by atoms with Crippen LogP contribution in [0.4, 0.5) is 5.69 Å². The summed E-state index contributed by atoms with van der Waals surface area (Å²) in [5.41, 5.74) is 2.03. The van der Waals surface area contributed by atoms with Crippen LogP contribution in [0.1, 0.15) is 21.7 Å². The quantitative estimate of drug-likeness (QED) is 0.416. The van der Waals surface area contributed by atoms with E-state index in [9.17, 15) is 4.79 Å². The molecule has 2 heterocycles. The minimum absolute atomic E-state index is 0.242. The summed E-state index contributed by atoms with van der Waals surface area (Å²) in [7, 11) is 3.48. The monoisotopic (exact) mass is 444 g/mol. The van der Waals surface area contributed by atoms with Crippen molar-refractivity contribution in [3.05, 3.63) is 96.3 Å². The van der Waals surface area contributed by atoms with Gasteiger partial charge in [-0.05, 0) is 42.5 Å². The first-order chi connectivity index (χ1) is 16.1. The molecule has 0 saturated heterocycles. The average molecular weight is 444 g/mol. The molecular weight excluding hydrogens is 420 g/mol. The van der Waals surface area contributed by atoms with Crippen LogP contribution in [0.5, 0.6) is 17.2 Å². The Morgan fingerprint density at radius 3 is 2.55 bits per heavy atom. The standard InChI is InChI=1S/C25H24N4O4/c1-29-13-12-27-24(29)17-32-21-8-5-19(6-9-21)25(30)28-20-7-10-22(31-2)23(14-20)33-16-18-4-3-11-26-15-18/h3-15H,16-17H2,1-2H3,(H,28,30). The van der Waals surface area contributed by atoms with Crippen molar-refractivity contribution >= 4 is 11.6 Å². The van der Waals surface area contributed by atoms with Crippen LogP contribution in [0.15, 0.2) is 79.4 Å². The molecule has 2 aromatic carbocycles. The summed E-state index contributed by atoms with van der Waals surface area (Å²) in [5.74, 6) is 2.33. The van der Waals surface area contributed by atoms with Crippen LogP contribution in [0.2, 0.25) is 0 Å². The van der Waals surface area contributed by atoms with E-state index in [0.29, 0.717) is 41.7 Å². The first-order valence-corrected chi connectivity index (χ1v) is 10.3. The van der Waals surface area contributed by atoms with Crippen molar-refractivity contribution in [2.75, 3.05) is 12.4 Å². The number of nitrogens with zero attached hydrogens (tertiary/aromatic N) is 3. The molecule has 0 bridgehead atoms. The average Bonchev–Trinajstić information content (AvgIpc) is 3.27. The van der Waals surface area contributed by atoms with E-state index in [1.807, 2.05) is 29.9 Å². The molecule has 0 radical (unpaired) electrons. The number of nitrogens with one attached hydrogen (secondary N) is 1. The van der Waals surface area contributed by atoms with Gasteiger partial charge in [-0.1, -0.05) is 6.07 Å². The maximum Gasteiger partial charge on any atom is 0.255 e. The lowest BCUT2D eigenvalue weighted by molar-refractivity contribution is 0.102. The van der Waals surface area contributed by atoms with E-state index >= 15 is 0 Å². The van der Waals surface area contributed by atoms with E-state index in [1.165, 1.54) is 0 Å². The Balaban J connectivity index is 1.38. The van der Waals surface area contributed by atoms with E-state index in [0.717, 1.165) is 11.4 Å². The molecule has 2 aromatic heterocycles. The van der Waals surface area contributed by atoms with Crippen LogP contribution in [0.3, 0.4) is 0 Å². The number of methoxy groups -OCH3 is 1. The number of anilines is 1. The van der Waals surface area contributed by atoms with Gasteiger partial charge in [-0.2, -0.15) is 0 Å². The van der Waals surface area contributed by atoms with Crippen LogP contribution >= 0.6 is 0 Å². The number of carbonyl (C=O) groups is 1. The lowest BCUT2D eigenvalue weighted by atomic mass is 10.2. The number of hydrogen-bond acceptors (Lipinski definition) is 6. The van der Waals surface area contributed by atoms with Gasteiger partial charge in [-0.15, -0.1) is 0 Å². The Hall–Kier alpha value is -4.33. The number of ether oxygens (including phenoxy) is 3. The molecule has 0 aliphatic carbocycles. The molecular formula is C25H24N4O4. The first kappa shape index (κ1) is 21.9. The minimum Gasteiger partial charge on any atom is -0.493 e. The van der Waals surface area contributed by atoms with Crippen LogP contribution < -0.4 is 19.5 Å². The number of imidazole rings is 1. The summed E-state index contributed by atoms with van der Waals surface area (Å²) in [5, 5.41) is 2.89. The SMILES string of the molecule is COc1ccc(NC(=O)c2ccc(OCc3nccn3C)cc2)cc1OCc1cccnc1. The molecule has 0 aliphatic heterocycles. The highest BCUT2D eigenvalue weighted by molar-refractivity contribution is 6.04. The van der Waals surface area contributed by atoms with Crippen molar-refractivity contribution in [3.8, 4) is 17.2 Å². The second-order valence-corrected chi connectivity index (χ2v) is 7.24. The van der Waals surface area contributed by atoms with Crippen molar-refractivity contribution in [3.63, 3.8) is 0 Å². The predicted octanol–water partition coefficient (Wildman–Crippen LogP) is 4.23. The maximum absolute atomic E-state index is 12.7. The highest BCUT2D eigenvalue weighted by atomic mass is 16.5. The third kappa shape index (κ3) is 5.68. The number of carbonyl (C=O) groups excluding carboxylic acids is 1. The van der Waals surface area contributed by atoms with Crippen molar-refractivity contribution in [1.82, 2.24) is 14.5 Å². The van der Waals surface area contributed by atoms with Crippen molar-refractivity contribution < 1.29 is 19.0 Å². The van der Waals surface area contributed by atoms with E-state index in [1.54, 1.807) is 68.2 Å². The number of hydrogen-bond donors (Lipinski definition) is 1. The normalized spacial score (nSPS) is 10.5. The van der Waals surface area contributed by atoms with Gasteiger partial charge >= 0.3 is 0 Å². The van der Waals surface area contributed by atoms with E-state index in [4.69, 9.17) is 14.2 Å². The first-order valence-electron chi connectivity index (χ1n) is 10.3. The zero-order valence-electron chi connectivity index (χ0n) is 18.4. The summed E-state index contributed by atoms with van der Waals surface area (Å²) < 4.78 is 18.9. The molecule has 4 aromatic rings. The van der Waals surface area contributed by atoms with Gasteiger partial charge in [-0.3, -0.25) is 9.78 Å². The van der Waals surface area contributed by atoms with Crippen LogP contribution in [0.25, 0.3) is 0 Å². The Labute approximate surface area is 191 Å². The number of aromatic nitrogens is 3. The van der Waals surface area contributed by atoms with Crippen LogP contribution in [-0.2, 0) is 20.3 Å². The second-order valence-electron chi connectivity index (χ2n) is 7.24. The molecule has 8 nitrogen and oxygen atoms in total. The number of benzene rings is 2. The third-order valence-electron chi connectivity index (χ3n) is 4.94. The van der Waals surface area contributed by atoms with Gasteiger partial charge in [0.15, 0.2) is 11.5 Å². The lowest BCUT2D eigenvalue weighted by Gasteiger charge is -2.13. The summed E-state index contributed by atoms with van der Waals surface area (Å²) in [6.45, 7) is 0.685. The fourth-order valence-electron chi connectivity index (χ4n) is 3.10. The summed E-state index contributed by atoms with van der Waals surface area (Å²) in [4.78, 5) is 21.0. The summed E-state index contributed by atoms with van der Waals surface area (Å²) in [6.07, 6.45) is 7.03. The Morgan fingerprint density at radius 2 is 1.85 bits per heavy atom.